The maximum atomic E-state index is 11.3. The van der Waals surface area contributed by atoms with Crippen molar-refractivity contribution >= 4 is 35.0 Å². The Labute approximate surface area is 108 Å². The van der Waals surface area contributed by atoms with Gasteiger partial charge in [0.15, 0.2) is 0 Å². The van der Waals surface area contributed by atoms with E-state index < -0.39 is 5.97 Å². The van der Waals surface area contributed by atoms with E-state index in [1.165, 1.54) is 23.1 Å². The van der Waals surface area contributed by atoms with Crippen LogP contribution in [0.2, 0.25) is 0 Å². The summed E-state index contributed by atoms with van der Waals surface area (Å²) >= 11 is 2.71. The highest BCUT2D eigenvalue weighted by atomic mass is 32.2. The maximum Gasteiger partial charge on any atom is 0.345 e. The smallest absolute Gasteiger partial charge is 0.345 e. The molecule has 6 heteroatoms. The average Bonchev–Trinajstić information content (AvgIpc) is 2.65. The minimum atomic E-state index is -0.903. The highest BCUT2D eigenvalue weighted by Crippen LogP contribution is 2.25. The van der Waals surface area contributed by atoms with Gasteiger partial charge in [-0.05, 0) is 19.9 Å². The van der Waals surface area contributed by atoms with Crippen molar-refractivity contribution in [3.63, 3.8) is 0 Å². The molecule has 0 saturated carbocycles. The Kier molecular flexibility index (Phi) is 5.50. The number of carbonyl (C=O) groups excluding carboxylic acids is 1. The van der Waals surface area contributed by atoms with Gasteiger partial charge in [0, 0.05) is 28.5 Å². The number of carbonyl (C=O) groups is 2. The molecule has 4 nitrogen and oxygen atoms in total. The minimum Gasteiger partial charge on any atom is -0.477 e. The quantitative estimate of drug-likeness (QED) is 0.781. The second kappa shape index (κ2) is 6.66. The normalized spacial score (nSPS) is 10.5. The summed E-state index contributed by atoms with van der Waals surface area (Å²) in [5, 5.41) is 13.4. The Morgan fingerprint density at radius 3 is 2.76 bits per heavy atom. The fourth-order valence-corrected chi connectivity index (χ4v) is 2.98. The summed E-state index contributed by atoms with van der Waals surface area (Å²) in [6, 6.07) is 1.80. The molecule has 0 spiro atoms. The number of hydrogen-bond donors (Lipinski definition) is 2. The van der Waals surface area contributed by atoms with Crippen LogP contribution in [0.15, 0.2) is 16.3 Å². The van der Waals surface area contributed by atoms with Crippen LogP contribution in [0.5, 0.6) is 0 Å². The summed E-state index contributed by atoms with van der Waals surface area (Å²) in [7, 11) is 0. The van der Waals surface area contributed by atoms with Crippen molar-refractivity contribution in [1.29, 1.82) is 0 Å². The molecular weight excluding hydrogens is 258 g/mol. The van der Waals surface area contributed by atoms with Gasteiger partial charge >= 0.3 is 5.97 Å². The molecule has 1 aromatic heterocycles. The van der Waals surface area contributed by atoms with Crippen LogP contribution in [-0.2, 0) is 4.79 Å². The second-order valence-corrected chi connectivity index (χ2v) is 5.85. The highest BCUT2D eigenvalue weighted by molar-refractivity contribution is 7.99. The standard InChI is InChI=1S/C11H15NO3S2/c1-7(2)12-10(13)3-4-16-8-5-9(11(14)15)17-6-8/h5-7H,3-4H2,1-2H3,(H,12,13)(H,14,15). The number of rotatable bonds is 6. The van der Waals surface area contributed by atoms with E-state index in [4.69, 9.17) is 5.11 Å². The van der Waals surface area contributed by atoms with E-state index in [0.29, 0.717) is 17.1 Å². The van der Waals surface area contributed by atoms with Crippen molar-refractivity contribution in [2.24, 2.45) is 0 Å². The lowest BCUT2D eigenvalue weighted by atomic mass is 10.3. The van der Waals surface area contributed by atoms with Gasteiger partial charge in [-0.2, -0.15) is 0 Å². The second-order valence-electron chi connectivity index (χ2n) is 3.77. The third-order valence-electron chi connectivity index (χ3n) is 1.83. The molecule has 0 unspecified atom stereocenters. The summed E-state index contributed by atoms with van der Waals surface area (Å²) in [5.74, 6) is -0.213. The molecule has 17 heavy (non-hydrogen) atoms. The van der Waals surface area contributed by atoms with Gasteiger partial charge < -0.3 is 10.4 Å². The molecule has 1 rings (SSSR count). The highest BCUT2D eigenvalue weighted by Gasteiger charge is 2.08. The lowest BCUT2D eigenvalue weighted by Crippen LogP contribution is -2.30. The van der Waals surface area contributed by atoms with Crippen LogP contribution in [0, 0.1) is 0 Å². The lowest BCUT2D eigenvalue weighted by molar-refractivity contribution is -0.121. The van der Waals surface area contributed by atoms with E-state index in [0.717, 1.165) is 4.90 Å². The lowest BCUT2D eigenvalue weighted by Gasteiger charge is -2.07. The van der Waals surface area contributed by atoms with Crippen molar-refractivity contribution in [2.45, 2.75) is 31.2 Å². The molecule has 1 amide bonds. The van der Waals surface area contributed by atoms with Gasteiger partial charge in [0.1, 0.15) is 4.88 Å². The first-order valence-corrected chi connectivity index (χ1v) is 7.09. The topological polar surface area (TPSA) is 66.4 Å². The van der Waals surface area contributed by atoms with E-state index in [1.54, 1.807) is 11.4 Å². The first-order chi connectivity index (χ1) is 7.99. The van der Waals surface area contributed by atoms with E-state index in [1.807, 2.05) is 13.8 Å². The Balaban J connectivity index is 2.31. The fourth-order valence-electron chi connectivity index (χ4n) is 1.16. The molecular formula is C11H15NO3S2. The molecule has 0 saturated heterocycles. The molecule has 2 N–H and O–H groups in total. The van der Waals surface area contributed by atoms with Crippen molar-refractivity contribution in [3.8, 4) is 0 Å². The van der Waals surface area contributed by atoms with Gasteiger partial charge in [0.05, 0.1) is 0 Å². The summed E-state index contributed by atoms with van der Waals surface area (Å²) < 4.78 is 0. The zero-order valence-electron chi connectivity index (χ0n) is 9.73. The minimum absolute atomic E-state index is 0.0289. The van der Waals surface area contributed by atoms with Crippen LogP contribution in [0.1, 0.15) is 29.9 Å². The van der Waals surface area contributed by atoms with Gasteiger partial charge in [-0.3, -0.25) is 4.79 Å². The van der Waals surface area contributed by atoms with Crippen molar-refractivity contribution in [2.75, 3.05) is 5.75 Å². The van der Waals surface area contributed by atoms with E-state index >= 15 is 0 Å². The number of carboxylic acid groups (broad SMARTS) is 1. The first-order valence-electron chi connectivity index (χ1n) is 5.23. The molecule has 0 radical (unpaired) electrons. The molecule has 0 aliphatic carbocycles. The number of thioether (sulfide) groups is 1. The monoisotopic (exact) mass is 273 g/mol. The number of amides is 1. The van der Waals surface area contributed by atoms with Crippen molar-refractivity contribution in [3.05, 3.63) is 16.3 Å². The van der Waals surface area contributed by atoms with Crippen molar-refractivity contribution < 1.29 is 14.7 Å². The number of nitrogens with one attached hydrogen (secondary N) is 1. The van der Waals surface area contributed by atoms with Crippen LogP contribution in [0.25, 0.3) is 0 Å². The Hall–Kier alpha value is -1.01. The molecule has 1 heterocycles. The average molecular weight is 273 g/mol. The summed E-state index contributed by atoms with van der Waals surface area (Å²) in [5.41, 5.74) is 0. The third-order valence-corrected chi connectivity index (χ3v) is 3.88. The summed E-state index contributed by atoms with van der Waals surface area (Å²) in [4.78, 5) is 23.2. The molecule has 0 aromatic carbocycles. The van der Waals surface area contributed by atoms with Crippen LogP contribution >= 0.6 is 23.1 Å². The molecule has 94 valence electrons. The molecule has 0 aliphatic rings. The van der Waals surface area contributed by atoms with Crippen molar-refractivity contribution in [1.82, 2.24) is 5.32 Å². The molecule has 0 aliphatic heterocycles. The Morgan fingerprint density at radius 2 is 2.24 bits per heavy atom. The number of hydrogen-bond acceptors (Lipinski definition) is 4. The number of aromatic carboxylic acids is 1. The van der Waals surface area contributed by atoms with Gasteiger partial charge in [0.2, 0.25) is 5.91 Å². The van der Waals surface area contributed by atoms with Gasteiger partial charge in [-0.15, -0.1) is 23.1 Å². The Bertz CT molecular complexity index is 401. The van der Waals surface area contributed by atoms with Crippen LogP contribution < -0.4 is 5.32 Å². The van der Waals surface area contributed by atoms with Crippen LogP contribution in [-0.4, -0.2) is 28.8 Å². The zero-order chi connectivity index (χ0) is 12.8. The Morgan fingerprint density at radius 1 is 1.53 bits per heavy atom. The fraction of sp³-hybridized carbons (Fsp3) is 0.455. The SMILES string of the molecule is CC(C)NC(=O)CCSc1csc(C(=O)O)c1. The molecule has 0 atom stereocenters. The largest absolute Gasteiger partial charge is 0.477 e. The number of thiophene rings is 1. The van der Waals surface area contributed by atoms with E-state index in [2.05, 4.69) is 5.32 Å². The third kappa shape index (κ3) is 5.23. The predicted octanol–water partition coefficient (Wildman–Crippen LogP) is 2.45. The van der Waals surface area contributed by atoms with Crippen LogP contribution in [0.4, 0.5) is 0 Å². The summed E-state index contributed by atoms with van der Waals surface area (Å²) in [6.45, 7) is 3.84. The molecule has 0 fully saturated rings. The van der Waals surface area contributed by atoms with Crippen LogP contribution in [0.3, 0.4) is 0 Å². The van der Waals surface area contributed by atoms with Gasteiger partial charge in [-0.25, -0.2) is 4.79 Å². The number of carboxylic acids is 1. The van der Waals surface area contributed by atoms with E-state index in [9.17, 15) is 9.59 Å². The van der Waals surface area contributed by atoms with Gasteiger partial charge in [0.25, 0.3) is 0 Å². The molecule has 0 bridgehead atoms. The zero-order valence-corrected chi connectivity index (χ0v) is 11.4. The summed E-state index contributed by atoms with van der Waals surface area (Å²) in [6.07, 6.45) is 0.446. The maximum absolute atomic E-state index is 11.3. The molecule has 1 aromatic rings. The van der Waals surface area contributed by atoms with Gasteiger partial charge in [-0.1, -0.05) is 0 Å². The predicted molar refractivity (Wildman–Crippen MR) is 69.9 cm³/mol. The first kappa shape index (κ1) is 14.1. The van der Waals surface area contributed by atoms with E-state index in [-0.39, 0.29) is 11.9 Å².